The van der Waals surface area contributed by atoms with Crippen LogP contribution < -0.4 is 11.1 Å². The van der Waals surface area contributed by atoms with Crippen LogP contribution in [0, 0.1) is 5.92 Å². The Bertz CT molecular complexity index is 337. The molecule has 0 unspecified atom stereocenters. The summed E-state index contributed by atoms with van der Waals surface area (Å²) >= 11 is 5.87. The average molecular weight is 255 g/mol. The topological polar surface area (TPSA) is 38.0 Å². The molecule has 0 fully saturated rings. The Hall–Kier alpha value is -0.730. The predicted octanol–water partition coefficient (Wildman–Crippen LogP) is 3.84. The van der Waals surface area contributed by atoms with Crippen molar-refractivity contribution < 1.29 is 0 Å². The minimum atomic E-state index is 0.630. The third-order valence-electron chi connectivity index (χ3n) is 2.77. The highest BCUT2D eigenvalue weighted by atomic mass is 35.5. The fourth-order valence-electron chi connectivity index (χ4n) is 1.74. The summed E-state index contributed by atoms with van der Waals surface area (Å²) in [5.41, 5.74) is 7.59. The molecule has 96 valence electrons. The Morgan fingerprint density at radius 1 is 1.29 bits per heavy atom. The van der Waals surface area contributed by atoms with Crippen LogP contribution in [0.2, 0.25) is 5.02 Å². The number of rotatable bonds is 7. The van der Waals surface area contributed by atoms with Crippen LogP contribution in [-0.2, 0) is 6.54 Å². The van der Waals surface area contributed by atoms with Crippen LogP contribution in [0.5, 0.6) is 0 Å². The van der Waals surface area contributed by atoms with E-state index in [9.17, 15) is 0 Å². The van der Waals surface area contributed by atoms with Crippen molar-refractivity contribution in [3.8, 4) is 0 Å². The number of unbranched alkanes of at least 4 members (excludes halogenated alkanes) is 1. The quantitative estimate of drug-likeness (QED) is 0.573. The van der Waals surface area contributed by atoms with Gasteiger partial charge in [0.05, 0.1) is 10.7 Å². The molecule has 3 N–H and O–H groups in total. The zero-order chi connectivity index (χ0) is 12.7. The van der Waals surface area contributed by atoms with E-state index < -0.39 is 0 Å². The lowest BCUT2D eigenvalue weighted by Gasteiger charge is -2.07. The summed E-state index contributed by atoms with van der Waals surface area (Å²) in [6, 6.07) is 5.80. The van der Waals surface area contributed by atoms with E-state index in [2.05, 4.69) is 19.2 Å². The van der Waals surface area contributed by atoms with Crippen LogP contribution in [0.4, 0.5) is 5.69 Å². The molecule has 0 heterocycles. The third kappa shape index (κ3) is 5.94. The fourth-order valence-corrected chi connectivity index (χ4v) is 1.86. The zero-order valence-corrected chi connectivity index (χ0v) is 11.6. The number of nitrogens with two attached hydrogens (primary N) is 1. The van der Waals surface area contributed by atoms with Crippen LogP contribution in [-0.4, -0.2) is 6.54 Å². The number of halogens is 1. The maximum Gasteiger partial charge on any atom is 0.0635 e. The largest absolute Gasteiger partial charge is 0.398 e. The van der Waals surface area contributed by atoms with Gasteiger partial charge in [0.15, 0.2) is 0 Å². The van der Waals surface area contributed by atoms with Crippen LogP contribution >= 0.6 is 11.6 Å². The molecular formula is C14H23ClN2. The molecule has 0 saturated carbocycles. The number of hydrogen-bond acceptors (Lipinski definition) is 2. The second-order valence-corrected chi connectivity index (χ2v) is 5.33. The van der Waals surface area contributed by atoms with E-state index in [1.54, 1.807) is 0 Å². The third-order valence-corrected chi connectivity index (χ3v) is 3.12. The molecule has 0 bridgehead atoms. The molecule has 0 aliphatic carbocycles. The Morgan fingerprint density at radius 3 is 2.71 bits per heavy atom. The van der Waals surface area contributed by atoms with Gasteiger partial charge in [-0.1, -0.05) is 44.4 Å². The van der Waals surface area contributed by atoms with E-state index in [0.717, 1.165) is 19.0 Å². The smallest absolute Gasteiger partial charge is 0.0635 e. The number of nitrogen functional groups attached to an aromatic ring is 1. The van der Waals surface area contributed by atoms with Crippen LogP contribution in [0.3, 0.4) is 0 Å². The monoisotopic (exact) mass is 254 g/mol. The number of anilines is 1. The number of nitrogens with one attached hydrogen (secondary N) is 1. The van der Waals surface area contributed by atoms with Gasteiger partial charge in [-0.05, 0) is 36.6 Å². The maximum atomic E-state index is 5.87. The van der Waals surface area contributed by atoms with Gasteiger partial charge in [0.2, 0.25) is 0 Å². The molecule has 0 radical (unpaired) electrons. The van der Waals surface area contributed by atoms with Gasteiger partial charge in [-0.25, -0.2) is 0 Å². The van der Waals surface area contributed by atoms with Gasteiger partial charge >= 0.3 is 0 Å². The Kier molecular flexibility index (Phi) is 6.38. The highest BCUT2D eigenvalue weighted by molar-refractivity contribution is 6.33. The van der Waals surface area contributed by atoms with Gasteiger partial charge in [0.25, 0.3) is 0 Å². The Labute approximate surface area is 110 Å². The van der Waals surface area contributed by atoms with Crippen molar-refractivity contribution in [1.29, 1.82) is 0 Å². The lowest BCUT2D eigenvalue weighted by atomic mass is 10.1. The summed E-state index contributed by atoms with van der Waals surface area (Å²) in [5.74, 6) is 0.811. The normalized spacial score (nSPS) is 11.1. The summed E-state index contributed by atoms with van der Waals surface area (Å²) in [7, 11) is 0. The molecule has 17 heavy (non-hydrogen) atoms. The molecule has 3 heteroatoms. The first kappa shape index (κ1) is 14.3. The molecule has 2 nitrogen and oxygen atoms in total. The van der Waals surface area contributed by atoms with Gasteiger partial charge in [-0.2, -0.15) is 0 Å². The van der Waals surface area contributed by atoms with Crippen molar-refractivity contribution >= 4 is 17.3 Å². The molecule has 0 saturated heterocycles. The lowest BCUT2D eigenvalue weighted by molar-refractivity contribution is 0.520. The van der Waals surface area contributed by atoms with E-state index in [-0.39, 0.29) is 0 Å². The molecule has 0 spiro atoms. The molecule has 0 aromatic heterocycles. The summed E-state index contributed by atoms with van der Waals surface area (Å²) in [6.45, 7) is 6.46. The minimum Gasteiger partial charge on any atom is -0.398 e. The second-order valence-electron chi connectivity index (χ2n) is 4.92. The second kappa shape index (κ2) is 7.57. The van der Waals surface area contributed by atoms with Gasteiger partial charge in [0, 0.05) is 6.54 Å². The van der Waals surface area contributed by atoms with E-state index in [4.69, 9.17) is 17.3 Å². The van der Waals surface area contributed by atoms with Crippen LogP contribution in [0.15, 0.2) is 18.2 Å². The first-order valence-electron chi connectivity index (χ1n) is 6.34. The van der Waals surface area contributed by atoms with E-state index >= 15 is 0 Å². The Morgan fingerprint density at radius 2 is 2.06 bits per heavy atom. The van der Waals surface area contributed by atoms with E-state index in [1.807, 2.05) is 18.2 Å². The molecule has 1 rings (SSSR count). The molecule has 1 aromatic rings. The van der Waals surface area contributed by atoms with Crippen molar-refractivity contribution in [3.05, 3.63) is 28.8 Å². The van der Waals surface area contributed by atoms with Gasteiger partial charge in [0.1, 0.15) is 0 Å². The molecular weight excluding hydrogens is 232 g/mol. The van der Waals surface area contributed by atoms with E-state index in [1.165, 1.54) is 24.8 Å². The molecule has 0 aliphatic heterocycles. The average Bonchev–Trinajstić information content (AvgIpc) is 2.27. The van der Waals surface area contributed by atoms with Crippen molar-refractivity contribution in [3.63, 3.8) is 0 Å². The molecule has 0 aliphatic rings. The Balaban J connectivity index is 2.16. The standard InChI is InChI=1S/C14H23ClN2/c1-11(2)5-3-4-8-17-10-12-6-7-13(15)14(16)9-12/h6-7,9,11,17H,3-5,8,10,16H2,1-2H3. The number of hydrogen-bond donors (Lipinski definition) is 2. The van der Waals surface area contributed by atoms with Crippen LogP contribution in [0.1, 0.15) is 38.7 Å². The zero-order valence-electron chi connectivity index (χ0n) is 10.8. The van der Waals surface area contributed by atoms with Gasteiger partial charge in [-0.3, -0.25) is 0 Å². The predicted molar refractivity (Wildman–Crippen MR) is 76.3 cm³/mol. The number of benzene rings is 1. The summed E-state index contributed by atoms with van der Waals surface area (Å²) in [6.07, 6.45) is 3.85. The maximum absolute atomic E-state index is 5.87. The molecule has 0 atom stereocenters. The first-order valence-corrected chi connectivity index (χ1v) is 6.72. The highest BCUT2D eigenvalue weighted by Crippen LogP contribution is 2.19. The van der Waals surface area contributed by atoms with Gasteiger partial charge < -0.3 is 11.1 Å². The fraction of sp³-hybridized carbons (Fsp3) is 0.571. The first-order chi connectivity index (χ1) is 8.09. The molecule has 0 amide bonds. The van der Waals surface area contributed by atoms with Crippen molar-refractivity contribution in [1.82, 2.24) is 5.32 Å². The van der Waals surface area contributed by atoms with Crippen molar-refractivity contribution in [2.75, 3.05) is 12.3 Å². The van der Waals surface area contributed by atoms with Crippen molar-refractivity contribution in [2.45, 2.75) is 39.7 Å². The van der Waals surface area contributed by atoms with Crippen LogP contribution in [0.25, 0.3) is 0 Å². The lowest BCUT2D eigenvalue weighted by Crippen LogP contribution is -2.14. The van der Waals surface area contributed by atoms with Crippen molar-refractivity contribution in [2.24, 2.45) is 5.92 Å². The highest BCUT2D eigenvalue weighted by Gasteiger charge is 1.98. The van der Waals surface area contributed by atoms with E-state index in [0.29, 0.717) is 10.7 Å². The molecule has 1 aromatic carbocycles. The SMILES string of the molecule is CC(C)CCCCNCc1ccc(Cl)c(N)c1. The van der Waals surface area contributed by atoms with Gasteiger partial charge in [-0.15, -0.1) is 0 Å². The summed E-state index contributed by atoms with van der Waals surface area (Å²) in [4.78, 5) is 0. The summed E-state index contributed by atoms with van der Waals surface area (Å²) < 4.78 is 0. The minimum absolute atomic E-state index is 0.630. The summed E-state index contributed by atoms with van der Waals surface area (Å²) in [5, 5.41) is 4.05.